The van der Waals surface area contributed by atoms with Gasteiger partial charge in [-0.3, -0.25) is 4.90 Å². The van der Waals surface area contributed by atoms with E-state index in [9.17, 15) is 0 Å². The van der Waals surface area contributed by atoms with Gasteiger partial charge >= 0.3 is 0 Å². The lowest BCUT2D eigenvalue weighted by Crippen LogP contribution is -2.55. The maximum atomic E-state index is 5.93. The summed E-state index contributed by atoms with van der Waals surface area (Å²) >= 11 is 0. The Morgan fingerprint density at radius 1 is 1.14 bits per heavy atom. The average molecular weight is 200 g/mol. The molecule has 86 valence electrons. The van der Waals surface area contributed by atoms with Crippen molar-refractivity contribution in [2.45, 2.75) is 59.0 Å². The van der Waals surface area contributed by atoms with Crippen molar-refractivity contribution in [3.8, 4) is 0 Å². The quantitative estimate of drug-likeness (QED) is 0.714. The Morgan fingerprint density at radius 3 is 1.79 bits per heavy atom. The fourth-order valence-corrected chi connectivity index (χ4v) is 2.06. The van der Waals surface area contributed by atoms with Gasteiger partial charge < -0.3 is 5.73 Å². The van der Waals surface area contributed by atoms with Gasteiger partial charge in [0, 0.05) is 18.1 Å². The fraction of sp³-hybridized carbons (Fsp3) is 1.00. The molecular weight excluding hydrogens is 172 g/mol. The van der Waals surface area contributed by atoms with E-state index in [0.29, 0.717) is 12.0 Å². The monoisotopic (exact) mass is 200 g/mol. The molecule has 0 rings (SSSR count). The molecule has 0 aromatic heterocycles. The molecule has 2 nitrogen and oxygen atoms in total. The normalized spacial score (nSPS) is 15.2. The van der Waals surface area contributed by atoms with Crippen LogP contribution in [-0.4, -0.2) is 30.1 Å². The highest BCUT2D eigenvalue weighted by Crippen LogP contribution is 2.25. The van der Waals surface area contributed by atoms with Crippen molar-refractivity contribution in [3.05, 3.63) is 0 Å². The zero-order valence-corrected chi connectivity index (χ0v) is 10.8. The molecule has 2 heteroatoms. The molecule has 0 heterocycles. The van der Waals surface area contributed by atoms with Gasteiger partial charge in [0.25, 0.3) is 0 Å². The van der Waals surface area contributed by atoms with Crippen LogP contribution in [0.15, 0.2) is 0 Å². The third kappa shape index (κ3) is 2.71. The van der Waals surface area contributed by atoms with Crippen molar-refractivity contribution in [1.82, 2.24) is 4.90 Å². The Kier molecular flexibility index (Phi) is 5.68. The summed E-state index contributed by atoms with van der Waals surface area (Å²) in [6.07, 6.45) is 2.26. The minimum absolute atomic E-state index is 0.198. The van der Waals surface area contributed by atoms with Crippen LogP contribution in [0, 0.1) is 5.92 Å². The average Bonchev–Trinajstić information content (AvgIpc) is 2.19. The first-order chi connectivity index (χ1) is 6.45. The molecule has 0 aliphatic rings. The number of rotatable bonds is 6. The number of hydrogen-bond donors (Lipinski definition) is 1. The van der Waals surface area contributed by atoms with Crippen molar-refractivity contribution in [1.29, 1.82) is 0 Å². The van der Waals surface area contributed by atoms with Crippen LogP contribution in [-0.2, 0) is 0 Å². The number of likely N-dealkylation sites (N-methyl/N-ethyl adjacent to an activating group) is 1. The summed E-state index contributed by atoms with van der Waals surface area (Å²) < 4.78 is 0. The van der Waals surface area contributed by atoms with Crippen LogP contribution in [0.25, 0.3) is 0 Å². The third-order valence-electron chi connectivity index (χ3n) is 4.02. The molecule has 0 saturated heterocycles. The molecule has 0 aliphatic carbocycles. The second kappa shape index (κ2) is 5.72. The first-order valence-electron chi connectivity index (χ1n) is 5.88. The van der Waals surface area contributed by atoms with Crippen molar-refractivity contribution in [2.24, 2.45) is 11.7 Å². The molecule has 0 saturated carbocycles. The maximum absolute atomic E-state index is 5.93. The summed E-state index contributed by atoms with van der Waals surface area (Å²) in [6.45, 7) is 12.1. The molecule has 0 bridgehead atoms. The zero-order valence-electron chi connectivity index (χ0n) is 10.8. The van der Waals surface area contributed by atoms with Crippen molar-refractivity contribution >= 4 is 0 Å². The predicted molar refractivity (Wildman–Crippen MR) is 64.4 cm³/mol. The highest BCUT2D eigenvalue weighted by Gasteiger charge is 2.32. The van der Waals surface area contributed by atoms with Gasteiger partial charge in [0.15, 0.2) is 0 Å². The summed E-state index contributed by atoms with van der Waals surface area (Å²) in [5.74, 6) is 0.684. The second-order valence-electron chi connectivity index (χ2n) is 4.73. The Bertz CT molecular complexity index is 142. The third-order valence-corrected chi connectivity index (χ3v) is 4.02. The molecule has 0 radical (unpaired) electrons. The summed E-state index contributed by atoms with van der Waals surface area (Å²) in [5.41, 5.74) is 6.12. The smallest absolute Gasteiger partial charge is 0.0326 e. The van der Waals surface area contributed by atoms with Crippen LogP contribution >= 0.6 is 0 Å². The van der Waals surface area contributed by atoms with Gasteiger partial charge in [-0.2, -0.15) is 0 Å². The van der Waals surface area contributed by atoms with E-state index in [2.05, 4.69) is 46.6 Å². The molecule has 2 N–H and O–H groups in total. The van der Waals surface area contributed by atoms with Crippen LogP contribution in [0.5, 0.6) is 0 Å². The van der Waals surface area contributed by atoms with E-state index < -0.39 is 0 Å². The first kappa shape index (κ1) is 13.9. The van der Waals surface area contributed by atoms with Gasteiger partial charge in [0.05, 0.1) is 0 Å². The van der Waals surface area contributed by atoms with Gasteiger partial charge in [-0.25, -0.2) is 0 Å². The molecule has 0 fully saturated rings. The fourth-order valence-electron chi connectivity index (χ4n) is 2.06. The van der Waals surface area contributed by atoms with Crippen LogP contribution < -0.4 is 5.73 Å². The predicted octanol–water partition coefficient (Wildman–Crippen LogP) is 2.48. The molecule has 1 unspecified atom stereocenters. The highest BCUT2D eigenvalue weighted by molar-refractivity contribution is 4.90. The Balaban J connectivity index is 4.66. The van der Waals surface area contributed by atoms with E-state index in [0.717, 1.165) is 19.4 Å². The standard InChI is InChI=1S/C12H28N2/c1-7-12(8-2,9-13)14(6)11(5)10(3)4/h10-11H,7-9,13H2,1-6H3. The van der Waals surface area contributed by atoms with Crippen molar-refractivity contribution < 1.29 is 0 Å². The minimum atomic E-state index is 0.198. The SMILES string of the molecule is CCC(CC)(CN)N(C)C(C)C(C)C. The van der Waals surface area contributed by atoms with Crippen molar-refractivity contribution in [2.75, 3.05) is 13.6 Å². The van der Waals surface area contributed by atoms with Crippen LogP contribution in [0.1, 0.15) is 47.5 Å². The van der Waals surface area contributed by atoms with Gasteiger partial charge in [-0.15, -0.1) is 0 Å². The molecule has 0 aliphatic heterocycles. The Labute approximate surface area is 89.9 Å². The van der Waals surface area contributed by atoms with E-state index in [1.807, 2.05) is 0 Å². The van der Waals surface area contributed by atoms with Crippen LogP contribution in [0.4, 0.5) is 0 Å². The highest BCUT2D eigenvalue weighted by atomic mass is 15.2. The summed E-state index contributed by atoms with van der Waals surface area (Å²) in [4.78, 5) is 2.47. The van der Waals surface area contributed by atoms with Crippen molar-refractivity contribution in [3.63, 3.8) is 0 Å². The van der Waals surface area contributed by atoms with E-state index in [1.165, 1.54) is 0 Å². The van der Waals surface area contributed by atoms with Gasteiger partial charge in [0.2, 0.25) is 0 Å². The summed E-state index contributed by atoms with van der Waals surface area (Å²) in [5, 5.41) is 0. The summed E-state index contributed by atoms with van der Waals surface area (Å²) in [7, 11) is 2.21. The van der Waals surface area contributed by atoms with Gasteiger partial charge in [-0.05, 0) is 32.7 Å². The largest absolute Gasteiger partial charge is 0.329 e. The van der Waals surface area contributed by atoms with Crippen LogP contribution in [0.3, 0.4) is 0 Å². The lowest BCUT2D eigenvalue weighted by atomic mass is 9.88. The van der Waals surface area contributed by atoms with Crippen LogP contribution in [0.2, 0.25) is 0 Å². The van der Waals surface area contributed by atoms with E-state index in [-0.39, 0.29) is 5.54 Å². The number of hydrogen-bond acceptors (Lipinski definition) is 2. The number of nitrogens with two attached hydrogens (primary N) is 1. The lowest BCUT2D eigenvalue weighted by molar-refractivity contribution is 0.0559. The molecular formula is C12H28N2. The molecule has 0 amide bonds. The summed E-state index contributed by atoms with van der Waals surface area (Å²) in [6, 6.07) is 0.596. The Morgan fingerprint density at radius 2 is 1.57 bits per heavy atom. The molecule has 0 spiro atoms. The first-order valence-corrected chi connectivity index (χ1v) is 5.88. The Hall–Kier alpha value is -0.0800. The lowest BCUT2D eigenvalue weighted by Gasteiger charge is -2.45. The van der Waals surface area contributed by atoms with Gasteiger partial charge in [0.1, 0.15) is 0 Å². The minimum Gasteiger partial charge on any atom is -0.329 e. The zero-order chi connectivity index (χ0) is 11.4. The molecule has 1 atom stereocenters. The molecule has 0 aromatic rings. The van der Waals surface area contributed by atoms with E-state index in [4.69, 9.17) is 5.73 Å². The second-order valence-corrected chi connectivity index (χ2v) is 4.73. The van der Waals surface area contributed by atoms with Gasteiger partial charge in [-0.1, -0.05) is 27.7 Å². The molecule has 14 heavy (non-hydrogen) atoms. The van der Waals surface area contributed by atoms with E-state index >= 15 is 0 Å². The molecule has 0 aromatic carbocycles. The van der Waals surface area contributed by atoms with E-state index in [1.54, 1.807) is 0 Å². The number of nitrogens with zero attached hydrogens (tertiary/aromatic N) is 1. The maximum Gasteiger partial charge on any atom is 0.0326 e. The topological polar surface area (TPSA) is 29.3 Å².